The number of hydrogen-bond acceptors (Lipinski definition) is 4. The van der Waals surface area contributed by atoms with Gasteiger partial charge in [0, 0.05) is 36.3 Å². The Labute approximate surface area is 167 Å². The highest BCUT2D eigenvalue weighted by molar-refractivity contribution is 5.86. The molecule has 0 aliphatic carbocycles. The lowest BCUT2D eigenvalue weighted by molar-refractivity contribution is -0.136. The van der Waals surface area contributed by atoms with Crippen LogP contribution in [0.25, 0.3) is 16.6 Å². The smallest absolute Gasteiger partial charge is 0.303 e. The van der Waals surface area contributed by atoms with Crippen molar-refractivity contribution in [3.63, 3.8) is 0 Å². The molecule has 0 radical (unpaired) electrons. The minimum atomic E-state index is -0.894. The Hall–Kier alpha value is -3.93. The largest absolute Gasteiger partial charge is 0.481 e. The van der Waals surface area contributed by atoms with Crippen LogP contribution in [0.3, 0.4) is 0 Å². The van der Waals surface area contributed by atoms with Crippen LogP contribution >= 0.6 is 0 Å². The Bertz CT molecular complexity index is 1220. The van der Waals surface area contributed by atoms with E-state index in [2.05, 4.69) is 10.3 Å². The number of carboxylic acids is 1. The third-order valence-electron chi connectivity index (χ3n) is 4.66. The molecule has 0 saturated heterocycles. The molecule has 4 aromatic rings. The van der Waals surface area contributed by atoms with Gasteiger partial charge in [0.25, 0.3) is 0 Å². The molecule has 0 spiro atoms. The van der Waals surface area contributed by atoms with E-state index >= 15 is 0 Å². The van der Waals surface area contributed by atoms with Crippen molar-refractivity contribution in [2.75, 3.05) is 5.32 Å². The van der Waals surface area contributed by atoms with E-state index in [1.165, 1.54) is 6.20 Å². The van der Waals surface area contributed by atoms with Gasteiger partial charge in [0.15, 0.2) is 5.43 Å². The number of rotatable bonds is 6. The zero-order valence-corrected chi connectivity index (χ0v) is 15.6. The Balaban J connectivity index is 2.00. The predicted octanol–water partition coefficient (Wildman–Crippen LogP) is 4.15. The lowest BCUT2D eigenvalue weighted by atomic mass is 10.1. The summed E-state index contributed by atoms with van der Waals surface area (Å²) in [6.45, 7) is 0. The van der Waals surface area contributed by atoms with Crippen LogP contribution in [-0.2, 0) is 11.2 Å². The first kappa shape index (κ1) is 18.4. The van der Waals surface area contributed by atoms with Crippen molar-refractivity contribution in [1.82, 2.24) is 9.55 Å². The Morgan fingerprint density at radius 1 is 1.00 bits per heavy atom. The average Bonchev–Trinajstić information content (AvgIpc) is 2.74. The molecule has 0 unspecified atom stereocenters. The van der Waals surface area contributed by atoms with Crippen molar-refractivity contribution in [2.24, 2.45) is 0 Å². The van der Waals surface area contributed by atoms with Crippen molar-refractivity contribution in [3.05, 3.63) is 94.9 Å². The topological polar surface area (TPSA) is 84.2 Å². The quantitative estimate of drug-likeness (QED) is 0.521. The van der Waals surface area contributed by atoms with Gasteiger partial charge in [0.1, 0.15) is 5.82 Å². The molecule has 2 N–H and O–H groups in total. The van der Waals surface area contributed by atoms with E-state index in [1.54, 1.807) is 12.3 Å². The SMILES string of the molecule is O=C(O)CCc1cncc2c(=O)cc(Nc3ccccc3)n(-c3ccccc3)c12. The Morgan fingerprint density at radius 2 is 1.69 bits per heavy atom. The Morgan fingerprint density at radius 3 is 2.38 bits per heavy atom. The molecule has 0 saturated carbocycles. The average molecular weight is 385 g/mol. The van der Waals surface area contributed by atoms with E-state index in [0.29, 0.717) is 22.3 Å². The summed E-state index contributed by atoms with van der Waals surface area (Å²) in [4.78, 5) is 28.2. The molecule has 6 nitrogen and oxygen atoms in total. The van der Waals surface area contributed by atoms with Crippen molar-refractivity contribution < 1.29 is 9.90 Å². The summed E-state index contributed by atoms with van der Waals surface area (Å²) in [6.07, 6.45) is 3.41. The molecular formula is C23H19N3O3. The lowest BCUT2D eigenvalue weighted by Crippen LogP contribution is -2.14. The van der Waals surface area contributed by atoms with Gasteiger partial charge in [-0.15, -0.1) is 0 Å². The fourth-order valence-corrected chi connectivity index (χ4v) is 3.36. The molecule has 4 rings (SSSR count). The summed E-state index contributed by atoms with van der Waals surface area (Å²) in [7, 11) is 0. The van der Waals surface area contributed by atoms with E-state index in [4.69, 9.17) is 5.11 Å². The van der Waals surface area contributed by atoms with Crippen LogP contribution in [0.5, 0.6) is 0 Å². The number of carbonyl (C=O) groups is 1. The van der Waals surface area contributed by atoms with E-state index in [0.717, 1.165) is 11.4 Å². The summed E-state index contributed by atoms with van der Waals surface area (Å²) in [6, 6.07) is 20.8. The fraction of sp³-hybridized carbons (Fsp3) is 0.0870. The second kappa shape index (κ2) is 7.98. The van der Waals surface area contributed by atoms with Gasteiger partial charge in [0.2, 0.25) is 0 Å². The third-order valence-corrected chi connectivity index (χ3v) is 4.66. The lowest BCUT2D eigenvalue weighted by Gasteiger charge is -2.20. The number of nitrogens with zero attached hydrogens (tertiary/aromatic N) is 2. The van der Waals surface area contributed by atoms with Crippen LogP contribution in [0.4, 0.5) is 11.5 Å². The molecule has 0 aliphatic heterocycles. The molecule has 0 bridgehead atoms. The first-order valence-electron chi connectivity index (χ1n) is 9.25. The van der Waals surface area contributed by atoms with Gasteiger partial charge in [-0.3, -0.25) is 19.1 Å². The number of para-hydroxylation sites is 2. The maximum Gasteiger partial charge on any atom is 0.303 e. The van der Waals surface area contributed by atoms with Crippen LogP contribution in [-0.4, -0.2) is 20.6 Å². The Kier molecular flexibility index (Phi) is 5.07. The number of hydrogen-bond donors (Lipinski definition) is 2. The number of aryl methyl sites for hydroxylation is 1. The van der Waals surface area contributed by atoms with Gasteiger partial charge < -0.3 is 10.4 Å². The summed E-state index contributed by atoms with van der Waals surface area (Å²) >= 11 is 0. The molecule has 0 amide bonds. The first-order chi connectivity index (χ1) is 14.1. The molecule has 2 heterocycles. The molecule has 0 atom stereocenters. The predicted molar refractivity (Wildman–Crippen MR) is 113 cm³/mol. The fourth-order valence-electron chi connectivity index (χ4n) is 3.36. The number of carboxylic acid groups (broad SMARTS) is 1. The third kappa shape index (κ3) is 3.87. The molecule has 29 heavy (non-hydrogen) atoms. The van der Waals surface area contributed by atoms with E-state index in [9.17, 15) is 9.59 Å². The minimum absolute atomic E-state index is 0.0416. The highest BCUT2D eigenvalue weighted by atomic mass is 16.4. The van der Waals surface area contributed by atoms with Gasteiger partial charge in [-0.25, -0.2) is 0 Å². The molecule has 2 aromatic carbocycles. The van der Waals surface area contributed by atoms with Crippen LogP contribution in [0, 0.1) is 0 Å². The van der Waals surface area contributed by atoms with Gasteiger partial charge in [-0.05, 0) is 36.2 Å². The van der Waals surface area contributed by atoms with E-state index < -0.39 is 5.97 Å². The molecule has 0 aliphatic rings. The monoisotopic (exact) mass is 385 g/mol. The maximum atomic E-state index is 12.9. The number of fused-ring (bicyclic) bond motifs is 1. The molecule has 0 fully saturated rings. The van der Waals surface area contributed by atoms with Crippen LogP contribution in [0.1, 0.15) is 12.0 Å². The maximum absolute atomic E-state index is 12.9. The van der Waals surface area contributed by atoms with Gasteiger partial charge in [-0.1, -0.05) is 36.4 Å². The molecule has 144 valence electrons. The normalized spacial score (nSPS) is 10.8. The summed E-state index contributed by atoms with van der Waals surface area (Å²) in [5.74, 6) is -0.295. The summed E-state index contributed by atoms with van der Waals surface area (Å²) in [5, 5.41) is 12.9. The van der Waals surface area contributed by atoms with Crippen molar-refractivity contribution in [1.29, 1.82) is 0 Å². The first-order valence-corrected chi connectivity index (χ1v) is 9.25. The van der Waals surface area contributed by atoms with Crippen molar-refractivity contribution >= 4 is 28.4 Å². The molecule has 2 aromatic heterocycles. The zero-order chi connectivity index (χ0) is 20.2. The second-order valence-electron chi connectivity index (χ2n) is 6.64. The number of pyridine rings is 2. The number of aromatic nitrogens is 2. The van der Waals surface area contributed by atoms with Crippen LogP contribution in [0.2, 0.25) is 0 Å². The number of aliphatic carboxylic acids is 1. The van der Waals surface area contributed by atoms with Gasteiger partial charge in [-0.2, -0.15) is 0 Å². The van der Waals surface area contributed by atoms with Gasteiger partial charge in [0.05, 0.1) is 10.9 Å². The second-order valence-corrected chi connectivity index (χ2v) is 6.64. The van der Waals surface area contributed by atoms with E-state index in [-0.39, 0.29) is 18.3 Å². The highest BCUT2D eigenvalue weighted by Gasteiger charge is 2.15. The number of anilines is 2. The summed E-state index contributed by atoms with van der Waals surface area (Å²) in [5.41, 5.74) is 2.91. The van der Waals surface area contributed by atoms with Gasteiger partial charge >= 0.3 is 5.97 Å². The molecular weight excluding hydrogens is 366 g/mol. The summed E-state index contributed by atoms with van der Waals surface area (Å²) < 4.78 is 1.95. The van der Waals surface area contributed by atoms with Crippen molar-refractivity contribution in [2.45, 2.75) is 12.8 Å². The highest BCUT2D eigenvalue weighted by Crippen LogP contribution is 2.27. The van der Waals surface area contributed by atoms with Crippen LogP contribution in [0.15, 0.2) is 83.9 Å². The molecule has 6 heteroatoms. The number of nitrogens with one attached hydrogen (secondary N) is 1. The zero-order valence-electron chi connectivity index (χ0n) is 15.6. The standard InChI is InChI=1S/C23H19N3O3/c27-20-13-21(25-17-7-3-1-4-8-17)26(18-9-5-2-6-10-18)23-16(11-12-22(28)29)14-24-15-19(20)23/h1-10,13-15,25H,11-12H2,(H,28,29). The van der Waals surface area contributed by atoms with Crippen LogP contribution < -0.4 is 10.7 Å². The van der Waals surface area contributed by atoms with Crippen molar-refractivity contribution in [3.8, 4) is 5.69 Å². The number of benzene rings is 2. The minimum Gasteiger partial charge on any atom is -0.481 e. The van der Waals surface area contributed by atoms with E-state index in [1.807, 2.05) is 65.2 Å².